The van der Waals surface area contributed by atoms with Gasteiger partial charge in [-0.3, -0.25) is 0 Å². The van der Waals surface area contributed by atoms with Crippen LogP contribution < -0.4 is 9.80 Å². The monoisotopic (exact) mass is 320 g/mol. The van der Waals surface area contributed by atoms with Gasteiger partial charge in [-0.15, -0.1) is 0 Å². The van der Waals surface area contributed by atoms with E-state index in [4.69, 9.17) is 0 Å². The number of anilines is 2. The van der Waals surface area contributed by atoms with Gasteiger partial charge in [-0.25, -0.2) is 4.98 Å². The highest BCUT2D eigenvalue weighted by Gasteiger charge is 2.35. The summed E-state index contributed by atoms with van der Waals surface area (Å²) in [5.74, 6) is 1.29. The number of hydrogen-bond donors (Lipinski definition) is 0. The van der Waals surface area contributed by atoms with Crippen LogP contribution >= 0.6 is 11.8 Å². The van der Waals surface area contributed by atoms with Crippen molar-refractivity contribution in [2.75, 3.05) is 36.2 Å². The average molecular weight is 320 g/mol. The Balaban J connectivity index is 2.45. The second-order valence-corrected chi connectivity index (χ2v) is 6.80. The Bertz CT molecular complexity index is 507. The second kappa shape index (κ2) is 5.90. The highest BCUT2D eigenvalue weighted by molar-refractivity contribution is 8.00. The van der Waals surface area contributed by atoms with Crippen molar-refractivity contribution < 1.29 is 13.2 Å². The topological polar surface area (TPSA) is 32.3 Å². The number of halogens is 3. The van der Waals surface area contributed by atoms with Crippen molar-refractivity contribution in [1.82, 2.24) is 9.97 Å². The molecule has 8 heteroatoms. The first-order valence-electron chi connectivity index (χ1n) is 6.72. The Morgan fingerprint density at radius 3 is 2.52 bits per heavy atom. The lowest BCUT2D eigenvalue weighted by Crippen LogP contribution is -2.45. The number of thioether (sulfide) groups is 1. The van der Waals surface area contributed by atoms with E-state index in [1.807, 2.05) is 23.6 Å². The zero-order chi connectivity index (χ0) is 15.8. The molecule has 21 heavy (non-hydrogen) atoms. The molecule has 0 spiro atoms. The predicted molar refractivity (Wildman–Crippen MR) is 80.1 cm³/mol. The minimum atomic E-state index is -4.47. The van der Waals surface area contributed by atoms with Crippen LogP contribution in [0.25, 0.3) is 0 Å². The maximum absolute atomic E-state index is 13.0. The SMILES string of the molecule is CC1SCCN(c2nc(N(C)C)cc(C(F)(F)F)n2)C1C. The molecule has 0 N–H and O–H groups in total. The molecular formula is C13H19F3N4S. The zero-order valence-corrected chi connectivity index (χ0v) is 13.3. The van der Waals surface area contributed by atoms with Gasteiger partial charge in [-0.2, -0.15) is 29.9 Å². The summed E-state index contributed by atoms with van der Waals surface area (Å²) in [6, 6.07) is 1.08. The molecule has 0 saturated carbocycles. The molecule has 118 valence electrons. The normalized spacial score (nSPS) is 23.3. The van der Waals surface area contributed by atoms with Crippen molar-refractivity contribution in [2.24, 2.45) is 0 Å². The van der Waals surface area contributed by atoms with E-state index in [0.717, 1.165) is 11.8 Å². The molecule has 1 aromatic rings. The van der Waals surface area contributed by atoms with Gasteiger partial charge in [0.05, 0.1) is 0 Å². The third kappa shape index (κ3) is 3.53. The molecule has 2 atom stereocenters. The maximum atomic E-state index is 13.0. The molecule has 0 aliphatic carbocycles. The highest BCUT2D eigenvalue weighted by atomic mass is 32.2. The van der Waals surface area contributed by atoms with Crippen molar-refractivity contribution in [2.45, 2.75) is 31.3 Å². The van der Waals surface area contributed by atoms with Gasteiger partial charge in [0.15, 0.2) is 5.69 Å². The van der Waals surface area contributed by atoms with Crippen molar-refractivity contribution >= 4 is 23.5 Å². The number of hydrogen-bond acceptors (Lipinski definition) is 5. The third-order valence-corrected chi connectivity index (χ3v) is 4.93. The molecule has 0 aromatic carbocycles. The van der Waals surface area contributed by atoms with Gasteiger partial charge in [0.2, 0.25) is 5.95 Å². The van der Waals surface area contributed by atoms with E-state index in [0.29, 0.717) is 11.8 Å². The second-order valence-electron chi connectivity index (χ2n) is 5.31. The molecule has 1 aromatic heterocycles. The van der Waals surface area contributed by atoms with Crippen LogP contribution in [0.5, 0.6) is 0 Å². The number of aromatic nitrogens is 2. The van der Waals surface area contributed by atoms with E-state index < -0.39 is 11.9 Å². The number of rotatable bonds is 2. The molecule has 1 aliphatic heterocycles. The molecule has 1 aliphatic rings. The molecule has 2 rings (SSSR count). The Morgan fingerprint density at radius 1 is 1.29 bits per heavy atom. The van der Waals surface area contributed by atoms with Crippen molar-refractivity contribution in [3.8, 4) is 0 Å². The van der Waals surface area contributed by atoms with Crippen molar-refractivity contribution in [3.05, 3.63) is 11.8 Å². The summed E-state index contributed by atoms with van der Waals surface area (Å²) in [7, 11) is 3.34. The van der Waals surface area contributed by atoms with Crippen LogP contribution in [0, 0.1) is 0 Å². The van der Waals surface area contributed by atoms with E-state index in [-0.39, 0.29) is 17.8 Å². The Morgan fingerprint density at radius 2 is 1.95 bits per heavy atom. The van der Waals surface area contributed by atoms with Gasteiger partial charge in [0.25, 0.3) is 0 Å². The van der Waals surface area contributed by atoms with Gasteiger partial charge in [0.1, 0.15) is 5.82 Å². The van der Waals surface area contributed by atoms with Crippen molar-refractivity contribution in [3.63, 3.8) is 0 Å². The molecule has 2 unspecified atom stereocenters. The fourth-order valence-corrected chi connectivity index (χ4v) is 3.24. The van der Waals surface area contributed by atoms with Crippen LogP contribution in [0.15, 0.2) is 6.07 Å². The minimum Gasteiger partial charge on any atom is -0.363 e. The van der Waals surface area contributed by atoms with Gasteiger partial charge in [-0.1, -0.05) is 6.92 Å². The van der Waals surface area contributed by atoms with Crippen LogP contribution in [0.3, 0.4) is 0 Å². The van der Waals surface area contributed by atoms with Crippen LogP contribution in [0.2, 0.25) is 0 Å². The van der Waals surface area contributed by atoms with Crippen LogP contribution in [-0.4, -0.2) is 47.7 Å². The lowest BCUT2D eigenvalue weighted by molar-refractivity contribution is -0.141. The summed E-state index contributed by atoms with van der Waals surface area (Å²) in [5, 5.41) is 0.333. The summed E-state index contributed by atoms with van der Waals surface area (Å²) in [5.41, 5.74) is -0.894. The summed E-state index contributed by atoms with van der Waals surface area (Å²) in [4.78, 5) is 11.5. The molecule has 0 radical (unpaired) electrons. The van der Waals surface area contributed by atoms with E-state index in [9.17, 15) is 13.2 Å². The predicted octanol–water partition coefficient (Wildman–Crippen LogP) is 2.89. The summed E-state index contributed by atoms with van der Waals surface area (Å²) < 4.78 is 39.1. The van der Waals surface area contributed by atoms with Gasteiger partial charge in [0, 0.05) is 43.8 Å². The van der Waals surface area contributed by atoms with Crippen LogP contribution in [0.4, 0.5) is 24.9 Å². The minimum absolute atomic E-state index is 0.0993. The molecule has 2 heterocycles. The highest BCUT2D eigenvalue weighted by Crippen LogP contribution is 2.33. The van der Waals surface area contributed by atoms with E-state index in [1.165, 1.54) is 0 Å². The first-order chi connectivity index (χ1) is 9.70. The molecule has 0 bridgehead atoms. The fourth-order valence-electron chi connectivity index (χ4n) is 2.14. The summed E-state index contributed by atoms with van der Waals surface area (Å²) >= 11 is 1.81. The Labute approximate surface area is 126 Å². The molecular weight excluding hydrogens is 301 g/mol. The summed E-state index contributed by atoms with van der Waals surface area (Å²) in [6.07, 6.45) is -4.47. The first kappa shape index (κ1) is 16.2. The lowest BCUT2D eigenvalue weighted by atomic mass is 10.2. The first-order valence-corrected chi connectivity index (χ1v) is 7.77. The van der Waals surface area contributed by atoms with Gasteiger partial charge in [-0.05, 0) is 6.92 Å². The van der Waals surface area contributed by atoms with E-state index >= 15 is 0 Å². The van der Waals surface area contributed by atoms with Crippen LogP contribution in [0.1, 0.15) is 19.5 Å². The zero-order valence-electron chi connectivity index (χ0n) is 12.5. The fraction of sp³-hybridized carbons (Fsp3) is 0.692. The molecule has 1 saturated heterocycles. The summed E-state index contributed by atoms with van der Waals surface area (Å²) in [6.45, 7) is 4.72. The Kier molecular flexibility index (Phi) is 4.55. The standard InChI is InChI=1S/C13H19F3N4S/c1-8-9(2)21-6-5-20(8)12-17-10(13(14,15)16)7-11(18-12)19(3)4/h7-9H,5-6H2,1-4H3. The lowest BCUT2D eigenvalue weighted by Gasteiger charge is -2.37. The van der Waals surface area contributed by atoms with Crippen molar-refractivity contribution in [1.29, 1.82) is 0 Å². The average Bonchev–Trinajstić information content (AvgIpc) is 2.40. The van der Waals surface area contributed by atoms with E-state index in [1.54, 1.807) is 19.0 Å². The van der Waals surface area contributed by atoms with Crippen LogP contribution in [-0.2, 0) is 6.18 Å². The maximum Gasteiger partial charge on any atom is 0.433 e. The van der Waals surface area contributed by atoms with Gasteiger partial charge < -0.3 is 9.80 Å². The quantitative estimate of drug-likeness (QED) is 0.836. The smallest absolute Gasteiger partial charge is 0.363 e. The largest absolute Gasteiger partial charge is 0.433 e. The Hall–Kier alpha value is -1.18. The van der Waals surface area contributed by atoms with E-state index in [2.05, 4.69) is 16.9 Å². The molecule has 4 nitrogen and oxygen atoms in total. The third-order valence-electron chi connectivity index (χ3n) is 3.59. The van der Waals surface area contributed by atoms with Gasteiger partial charge >= 0.3 is 6.18 Å². The number of nitrogens with zero attached hydrogens (tertiary/aromatic N) is 4. The number of alkyl halides is 3. The molecule has 1 fully saturated rings. The molecule has 0 amide bonds.